The number of nitrogens with zero attached hydrogens (tertiary/aromatic N) is 1. The van der Waals surface area contributed by atoms with Gasteiger partial charge in [-0.15, -0.1) is 0 Å². The van der Waals surface area contributed by atoms with Crippen LogP contribution in [-0.4, -0.2) is 22.7 Å². The van der Waals surface area contributed by atoms with Gasteiger partial charge in [-0.2, -0.15) is 13.9 Å². The number of anilines is 1. The number of rotatable bonds is 4. The smallest absolute Gasteiger partial charge is 0.387 e. The third-order valence-corrected chi connectivity index (χ3v) is 3.02. The Labute approximate surface area is 121 Å². The average Bonchev–Trinajstić information content (AvgIpc) is 2.78. The molecule has 2 N–H and O–H groups in total. The van der Waals surface area contributed by atoms with Gasteiger partial charge in [0, 0.05) is 0 Å². The number of hydrogen-bond acceptors (Lipinski definition) is 3. The van der Waals surface area contributed by atoms with E-state index in [0.717, 1.165) is 5.56 Å². The summed E-state index contributed by atoms with van der Waals surface area (Å²) in [6.07, 6.45) is 1.42. The number of carbonyl (C=O) groups excluding carboxylic acids is 1. The first kappa shape index (κ1) is 14.4. The zero-order valence-electron chi connectivity index (χ0n) is 10.3. The van der Waals surface area contributed by atoms with E-state index >= 15 is 0 Å². The highest BCUT2D eigenvalue weighted by Gasteiger charge is 2.16. The Bertz CT molecular complexity index is 631. The topological polar surface area (TPSA) is 67.0 Å². The van der Waals surface area contributed by atoms with E-state index in [2.05, 4.69) is 36.2 Å². The van der Waals surface area contributed by atoms with E-state index < -0.39 is 12.5 Å². The Balaban J connectivity index is 2.25. The van der Waals surface area contributed by atoms with Gasteiger partial charge in [0.1, 0.15) is 11.4 Å². The molecule has 1 aromatic heterocycles. The number of alkyl halides is 2. The van der Waals surface area contributed by atoms with E-state index in [1.807, 2.05) is 0 Å². The Hall–Kier alpha value is -1.96. The van der Waals surface area contributed by atoms with Crippen LogP contribution < -0.4 is 10.1 Å². The van der Waals surface area contributed by atoms with Crippen molar-refractivity contribution in [3.8, 4) is 5.75 Å². The molecule has 1 amide bonds. The fourth-order valence-corrected chi connectivity index (χ4v) is 1.91. The summed E-state index contributed by atoms with van der Waals surface area (Å²) in [4.78, 5) is 12.0. The van der Waals surface area contributed by atoms with Crippen LogP contribution in [-0.2, 0) is 0 Å². The van der Waals surface area contributed by atoms with Gasteiger partial charge in [0.2, 0.25) is 0 Å². The second kappa shape index (κ2) is 6.00. The molecule has 5 nitrogen and oxygen atoms in total. The van der Waals surface area contributed by atoms with Crippen molar-refractivity contribution < 1.29 is 18.3 Å². The SMILES string of the molecule is Cc1ccc(NC(=O)c2[nH]ncc2Br)c(OC(F)F)c1. The summed E-state index contributed by atoms with van der Waals surface area (Å²) in [5.41, 5.74) is 1.08. The zero-order chi connectivity index (χ0) is 14.7. The van der Waals surface area contributed by atoms with Crippen LogP contribution in [0.5, 0.6) is 5.75 Å². The summed E-state index contributed by atoms with van der Waals surface area (Å²) < 4.78 is 29.6. The summed E-state index contributed by atoms with van der Waals surface area (Å²) in [6, 6.07) is 4.59. The molecule has 0 saturated carbocycles. The van der Waals surface area contributed by atoms with Gasteiger partial charge in [0.05, 0.1) is 16.4 Å². The molecule has 2 rings (SSSR count). The number of amides is 1. The van der Waals surface area contributed by atoms with E-state index in [0.29, 0.717) is 4.47 Å². The maximum absolute atomic E-state index is 12.3. The van der Waals surface area contributed by atoms with E-state index in [1.54, 1.807) is 13.0 Å². The highest BCUT2D eigenvalue weighted by molar-refractivity contribution is 9.10. The van der Waals surface area contributed by atoms with Gasteiger partial charge in [-0.3, -0.25) is 9.89 Å². The highest BCUT2D eigenvalue weighted by Crippen LogP contribution is 2.28. The van der Waals surface area contributed by atoms with Gasteiger partial charge in [-0.25, -0.2) is 0 Å². The Kier molecular flexibility index (Phi) is 4.33. The number of carbonyl (C=O) groups is 1. The molecule has 0 spiro atoms. The largest absolute Gasteiger partial charge is 0.433 e. The first-order valence-corrected chi connectivity index (χ1v) is 6.32. The molecular formula is C12H10BrF2N3O2. The number of aromatic nitrogens is 2. The van der Waals surface area contributed by atoms with Crippen LogP contribution in [0, 0.1) is 6.92 Å². The molecule has 0 aliphatic heterocycles. The lowest BCUT2D eigenvalue weighted by molar-refractivity contribution is -0.0494. The quantitative estimate of drug-likeness (QED) is 0.892. The number of aromatic amines is 1. The minimum atomic E-state index is -2.97. The number of benzene rings is 1. The van der Waals surface area contributed by atoms with Crippen molar-refractivity contribution in [1.29, 1.82) is 0 Å². The van der Waals surface area contributed by atoms with E-state index in [4.69, 9.17) is 0 Å². The van der Waals surface area contributed by atoms with Crippen molar-refractivity contribution in [3.05, 3.63) is 40.1 Å². The van der Waals surface area contributed by atoms with Crippen LogP contribution in [0.25, 0.3) is 0 Å². The molecule has 106 valence electrons. The van der Waals surface area contributed by atoms with Crippen molar-refractivity contribution >= 4 is 27.5 Å². The van der Waals surface area contributed by atoms with Gasteiger partial charge in [0.25, 0.3) is 5.91 Å². The number of halogens is 3. The molecule has 0 aliphatic carbocycles. The minimum Gasteiger partial charge on any atom is -0.433 e. The molecule has 0 radical (unpaired) electrons. The molecule has 1 aromatic carbocycles. The van der Waals surface area contributed by atoms with E-state index in [1.165, 1.54) is 18.3 Å². The minimum absolute atomic E-state index is 0.0935. The molecular weight excluding hydrogens is 336 g/mol. The maximum Gasteiger partial charge on any atom is 0.387 e. The second-order valence-electron chi connectivity index (χ2n) is 3.93. The van der Waals surface area contributed by atoms with Gasteiger partial charge in [-0.1, -0.05) is 6.07 Å². The van der Waals surface area contributed by atoms with E-state index in [9.17, 15) is 13.6 Å². The lowest BCUT2D eigenvalue weighted by atomic mass is 10.2. The number of H-pyrrole nitrogens is 1. The van der Waals surface area contributed by atoms with Crippen LogP contribution in [0.1, 0.15) is 16.1 Å². The van der Waals surface area contributed by atoms with Crippen molar-refractivity contribution in [2.24, 2.45) is 0 Å². The number of hydrogen-bond donors (Lipinski definition) is 2. The van der Waals surface area contributed by atoms with Gasteiger partial charge in [0.15, 0.2) is 0 Å². The van der Waals surface area contributed by atoms with Crippen LogP contribution in [0.2, 0.25) is 0 Å². The standard InChI is InChI=1S/C12H10BrF2N3O2/c1-6-2-3-8(9(4-6)20-12(14)15)17-11(19)10-7(13)5-16-18-10/h2-5,12H,1H3,(H,16,18)(H,17,19). The Morgan fingerprint density at radius 3 is 2.85 bits per heavy atom. The second-order valence-corrected chi connectivity index (χ2v) is 4.78. The van der Waals surface area contributed by atoms with Crippen molar-refractivity contribution in [3.63, 3.8) is 0 Å². The van der Waals surface area contributed by atoms with E-state index in [-0.39, 0.29) is 17.1 Å². The molecule has 20 heavy (non-hydrogen) atoms. The average molecular weight is 346 g/mol. The Morgan fingerprint density at radius 1 is 1.50 bits per heavy atom. The highest BCUT2D eigenvalue weighted by atomic mass is 79.9. The van der Waals surface area contributed by atoms with Crippen LogP contribution in [0.3, 0.4) is 0 Å². The fourth-order valence-electron chi connectivity index (χ4n) is 1.54. The fraction of sp³-hybridized carbons (Fsp3) is 0.167. The predicted molar refractivity (Wildman–Crippen MR) is 72.1 cm³/mol. The summed E-state index contributed by atoms with van der Waals surface area (Å²) in [7, 11) is 0. The number of aryl methyl sites for hydroxylation is 1. The van der Waals surface area contributed by atoms with Gasteiger partial charge in [-0.05, 0) is 40.5 Å². The third kappa shape index (κ3) is 3.32. The third-order valence-electron chi connectivity index (χ3n) is 2.42. The first-order valence-electron chi connectivity index (χ1n) is 5.53. The monoisotopic (exact) mass is 345 g/mol. The predicted octanol–water partition coefficient (Wildman–Crippen LogP) is 3.33. The van der Waals surface area contributed by atoms with Crippen LogP contribution >= 0.6 is 15.9 Å². The molecule has 0 bridgehead atoms. The lowest BCUT2D eigenvalue weighted by Gasteiger charge is -2.12. The molecule has 0 fully saturated rings. The summed E-state index contributed by atoms with van der Waals surface area (Å²) in [6.45, 7) is -1.23. The molecule has 0 unspecified atom stereocenters. The van der Waals surface area contributed by atoms with Crippen molar-refractivity contribution in [2.75, 3.05) is 5.32 Å². The molecule has 0 atom stereocenters. The summed E-state index contributed by atoms with van der Waals surface area (Å²) in [5.74, 6) is -0.610. The summed E-state index contributed by atoms with van der Waals surface area (Å²) >= 11 is 3.14. The van der Waals surface area contributed by atoms with Crippen molar-refractivity contribution in [2.45, 2.75) is 13.5 Å². The van der Waals surface area contributed by atoms with Gasteiger partial charge < -0.3 is 10.1 Å². The number of ether oxygens (including phenoxy) is 1. The lowest BCUT2D eigenvalue weighted by Crippen LogP contribution is -2.15. The molecule has 2 aromatic rings. The molecule has 8 heteroatoms. The van der Waals surface area contributed by atoms with Crippen molar-refractivity contribution in [1.82, 2.24) is 10.2 Å². The number of nitrogens with one attached hydrogen (secondary N) is 2. The van der Waals surface area contributed by atoms with Crippen LogP contribution in [0.4, 0.5) is 14.5 Å². The first-order chi connectivity index (χ1) is 9.47. The molecule has 0 saturated heterocycles. The zero-order valence-corrected chi connectivity index (χ0v) is 11.9. The Morgan fingerprint density at radius 2 is 2.25 bits per heavy atom. The molecule has 0 aliphatic rings. The maximum atomic E-state index is 12.3. The molecule has 1 heterocycles. The summed E-state index contributed by atoms with van der Waals surface area (Å²) in [5, 5.41) is 8.67. The normalized spacial score (nSPS) is 10.7. The van der Waals surface area contributed by atoms with Crippen LogP contribution in [0.15, 0.2) is 28.9 Å². The van der Waals surface area contributed by atoms with Gasteiger partial charge >= 0.3 is 6.61 Å².